The number of benzene rings is 1. The summed E-state index contributed by atoms with van der Waals surface area (Å²) < 4.78 is 1.61. The number of nitrogens with one attached hydrogen (secondary N) is 1. The first-order valence-electron chi connectivity index (χ1n) is 5.60. The number of amides is 1. The summed E-state index contributed by atoms with van der Waals surface area (Å²) in [5.41, 5.74) is 1.81. The molecule has 2 aromatic rings. The lowest BCUT2D eigenvalue weighted by Gasteiger charge is -2.06. The fourth-order valence-electron chi connectivity index (χ4n) is 1.61. The minimum Gasteiger partial charge on any atom is -0.545 e. The van der Waals surface area contributed by atoms with E-state index in [1.54, 1.807) is 18.7 Å². The summed E-state index contributed by atoms with van der Waals surface area (Å²) in [5.74, 6) is -1.53. The van der Waals surface area contributed by atoms with Crippen LogP contribution in [0.3, 0.4) is 0 Å². The Labute approximate surface area is 109 Å². The lowest BCUT2D eigenvalue weighted by Crippen LogP contribution is -2.22. The van der Waals surface area contributed by atoms with Crippen LogP contribution in [-0.4, -0.2) is 21.7 Å². The van der Waals surface area contributed by atoms with E-state index < -0.39 is 5.97 Å². The van der Waals surface area contributed by atoms with Gasteiger partial charge in [0.25, 0.3) is 5.91 Å². The number of aromatic nitrogens is 2. The predicted octanol–water partition coefficient (Wildman–Crippen LogP) is 0.344. The molecule has 0 saturated heterocycles. The lowest BCUT2D eigenvalue weighted by molar-refractivity contribution is -0.255. The van der Waals surface area contributed by atoms with E-state index in [9.17, 15) is 14.7 Å². The molecule has 0 saturated carbocycles. The van der Waals surface area contributed by atoms with Crippen molar-refractivity contribution in [2.24, 2.45) is 7.05 Å². The first kappa shape index (κ1) is 12.8. The van der Waals surface area contributed by atoms with E-state index in [1.807, 2.05) is 0 Å². The zero-order valence-corrected chi connectivity index (χ0v) is 10.5. The Hall–Kier alpha value is -2.63. The van der Waals surface area contributed by atoms with E-state index >= 15 is 0 Å². The highest BCUT2D eigenvalue weighted by Gasteiger charge is 2.12. The minimum atomic E-state index is -1.25. The Balaban J connectivity index is 2.15. The highest BCUT2D eigenvalue weighted by molar-refractivity contribution is 6.05. The van der Waals surface area contributed by atoms with Gasteiger partial charge in [-0.25, -0.2) is 0 Å². The largest absolute Gasteiger partial charge is 0.545 e. The van der Waals surface area contributed by atoms with Crippen LogP contribution in [0.15, 0.2) is 30.5 Å². The number of nitrogens with zero attached hydrogens (tertiary/aromatic N) is 2. The molecule has 0 bridgehead atoms. The van der Waals surface area contributed by atoms with E-state index in [2.05, 4.69) is 10.4 Å². The Kier molecular flexibility index (Phi) is 3.33. The molecular weight excluding hydrogens is 246 g/mol. The maximum Gasteiger partial charge on any atom is 0.259 e. The number of anilines is 1. The molecule has 0 aliphatic carbocycles. The highest BCUT2D eigenvalue weighted by atomic mass is 16.4. The molecule has 1 aromatic carbocycles. The van der Waals surface area contributed by atoms with E-state index in [0.29, 0.717) is 11.3 Å². The van der Waals surface area contributed by atoms with Crippen molar-refractivity contribution in [1.82, 2.24) is 9.78 Å². The molecule has 98 valence electrons. The first-order valence-corrected chi connectivity index (χ1v) is 5.60. The summed E-state index contributed by atoms with van der Waals surface area (Å²) in [7, 11) is 1.75. The van der Waals surface area contributed by atoms with Crippen LogP contribution in [0.1, 0.15) is 26.4 Å². The zero-order valence-electron chi connectivity index (χ0n) is 10.5. The SMILES string of the molecule is Cc1c(C(=O)Nc2ccc(C(=O)[O-])cc2)cnn1C. The fourth-order valence-corrected chi connectivity index (χ4v) is 1.61. The molecule has 6 heteroatoms. The van der Waals surface area contributed by atoms with Crippen LogP contribution < -0.4 is 10.4 Å². The van der Waals surface area contributed by atoms with E-state index in [4.69, 9.17) is 0 Å². The van der Waals surface area contributed by atoms with Gasteiger partial charge in [-0.15, -0.1) is 0 Å². The second kappa shape index (κ2) is 4.93. The van der Waals surface area contributed by atoms with Gasteiger partial charge in [-0.2, -0.15) is 5.10 Å². The summed E-state index contributed by atoms with van der Waals surface area (Å²) in [6, 6.07) is 5.77. The van der Waals surface area contributed by atoms with Crippen LogP contribution in [0, 0.1) is 6.92 Å². The van der Waals surface area contributed by atoms with Gasteiger partial charge >= 0.3 is 0 Å². The number of carbonyl (C=O) groups excluding carboxylic acids is 2. The predicted molar refractivity (Wildman–Crippen MR) is 66.7 cm³/mol. The molecule has 6 nitrogen and oxygen atoms in total. The average Bonchev–Trinajstić information content (AvgIpc) is 2.70. The van der Waals surface area contributed by atoms with Crippen LogP contribution in [0.5, 0.6) is 0 Å². The van der Waals surface area contributed by atoms with E-state index in [1.165, 1.54) is 30.5 Å². The molecular formula is C13H12N3O3-. The number of hydrogen-bond donors (Lipinski definition) is 1. The van der Waals surface area contributed by atoms with Gasteiger partial charge in [-0.1, -0.05) is 12.1 Å². The van der Waals surface area contributed by atoms with Gasteiger partial charge in [0.1, 0.15) is 0 Å². The number of aryl methyl sites for hydroxylation is 1. The summed E-state index contributed by atoms with van der Waals surface area (Å²) in [6.45, 7) is 1.79. The summed E-state index contributed by atoms with van der Waals surface area (Å²) in [6.07, 6.45) is 1.49. The van der Waals surface area contributed by atoms with Crippen molar-refractivity contribution in [2.45, 2.75) is 6.92 Å². The zero-order chi connectivity index (χ0) is 14.0. The number of carbonyl (C=O) groups is 2. The van der Waals surface area contributed by atoms with Gasteiger partial charge in [-0.3, -0.25) is 9.48 Å². The molecule has 0 atom stereocenters. The maximum absolute atomic E-state index is 12.0. The van der Waals surface area contributed by atoms with Gasteiger partial charge in [0.15, 0.2) is 0 Å². The number of aromatic carboxylic acids is 1. The molecule has 0 spiro atoms. The molecule has 1 heterocycles. The molecule has 0 radical (unpaired) electrons. The van der Waals surface area contributed by atoms with E-state index in [-0.39, 0.29) is 11.5 Å². The highest BCUT2D eigenvalue weighted by Crippen LogP contribution is 2.12. The molecule has 1 aromatic heterocycles. The van der Waals surface area contributed by atoms with Crippen molar-refractivity contribution < 1.29 is 14.7 Å². The summed E-state index contributed by atoms with van der Waals surface area (Å²) >= 11 is 0. The van der Waals surface area contributed by atoms with Crippen molar-refractivity contribution in [2.75, 3.05) is 5.32 Å². The van der Waals surface area contributed by atoms with Gasteiger partial charge in [0.05, 0.1) is 17.7 Å². The topological polar surface area (TPSA) is 87.1 Å². The smallest absolute Gasteiger partial charge is 0.259 e. The van der Waals surface area contributed by atoms with Gasteiger partial charge in [-0.05, 0) is 24.6 Å². The van der Waals surface area contributed by atoms with Gasteiger partial charge in [0.2, 0.25) is 0 Å². The molecule has 0 aliphatic heterocycles. The van der Waals surface area contributed by atoms with Crippen LogP contribution >= 0.6 is 0 Å². The second-order valence-electron chi connectivity index (χ2n) is 4.09. The summed E-state index contributed by atoms with van der Waals surface area (Å²) in [4.78, 5) is 22.6. The molecule has 1 amide bonds. The van der Waals surface area contributed by atoms with Crippen LogP contribution in [0.2, 0.25) is 0 Å². The Bertz CT molecular complexity index is 629. The number of carboxylic acids is 1. The van der Waals surface area contributed by atoms with Crippen molar-refractivity contribution in [1.29, 1.82) is 0 Å². The molecule has 1 N–H and O–H groups in total. The summed E-state index contributed by atoms with van der Waals surface area (Å²) in [5, 5.41) is 17.3. The molecule has 0 aliphatic rings. The van der Waals surface area contributed by atoms with Crippen molar-refractivity contribution in [3.8, 4) is 0 Å². The Morgan fingerprint density at radius 2 is 1.89 bits per heavy atom. The van der Waals surface area contributed by atoms with Crippen LogP contribution in [0.25, 0.3) is 0 Å². The molecule has 0 unspecified atom stereocenters. The normalized spacial score (nSPS) is 10.2. The number of hydrogen-bond acceptors (Lipinski definition) is 4. The van der Waals surface area contributed by atoms with Crippen LogP contribution in [-0.2, 0) is 7.05 Å². The van der Waals surface area contributed by atoms with Crippen molar-refractivity contribution in [3.05, 3.63) is 47.3 Å². The molecule has 0 fully saturated rings. The van der Waals surface area contributed by atoms with Crippen LogP contribution in [0.4, 0.5) is 5.69 Å². The minimum absolute atomic E-state index is 0.0653. The third-order valence-corrected chi connectivity index (χ3v) is 2.86. The quantitative estimate of drug-likeness (QED) is 0.860. The van der Waals surface area contributed by atoms with Gasteiger partial charge < -0.3 is 15.2 Å². The average molecular weight is 258 g/mol. The first-order chi connectivity index (χ1) is 8.99. The maximum atomic E-state index is 12.0. The van der Waals surface area contributed by atoms with Crippen molar-refractivity contribution >= 4 is 17.6 Å². The third-order valence-electron chi connectivity index (χ3n) is 2.86. The Morgan fingerprint density at radius 1 is 1.26 bits per heavy atom. The number of rotatable bonds is 3. The standard InChI is InChI=1S/C13H13N3O3/c1-8-11(7-14-16(8)2)12(17)15-10-5-3-9(4-6-10)13(18)19/h3-7H,1-2H3,(H,15,17)(H,18,19)/p-1. The lowest BCUT2D eigenvalue weighted by atomic mass is 10.2. The molecule has 19 heavy (non-hydrogen) atoms. The van der Waals surface area contributed by atoms with Crippen molar-refractivity contribution in [3.63, 3.8) is 0 Å². The Morgan fingerprint density at radius 3 is 2.37 bits per heavy atom. The number of carboxylic acid groups (broad SMARTS) is 1. The molecule has 2 rings (SSSR count). The van der Waals surface area contributed by atoms with Gasteiger partial charge in [0, 0.05) is 18.4 Å². The second-order valence-corrected chi connectivity index (χ2v) is 4.09. The fraction of sp³-hybridized carbons (Fsp3) is 0.154. The third kappa shape index (κ3) is 2.62. The monoisotopic (exact) mass is 258 g/mol. The van der Waals surface area contributed by atoms with E-state index in [0.717, 1.165) is 5.69 Å².